The Balaban J connectivity index is 2.33. The smallest absolute Gasteiger partial charge is 0.0992 e. The van der Waals surface area contributed by atoms with E-state index in [0.29, 0.717) is 16.6 Å². The molecule has 1 aromatic rings. The largest absolute Gasteiger partial charge is 0.310 e. The van der Waals surface area contributed by atoms with Gasteiger partial charge in [0.15, 0.2) is 0 Å². The Bertz CT molecular complexity index is 375. The SMILES string of the molecule is N#Cc1cc(Cl)cc([C@H]2CCCN2)c1. The summed E-state index contributed by atoms with van der Waals surface area (Å²) in [7, 11) is 0. The van der Waals surface area contributed by atoms with Crippen LogP contribution in [0.3, 0.4) is 0 Å². The molecule has 1 atom stereocenters. The minimum atomic E-state index is 0.376. The van der Waals surface area contributed by atoms with E-state index in [1.165, 1.54) is 6.42 Å². The standard InChI is InChI=1S/C11H11ClN2/c12-10-5-8(7-13)4-9(6-10)11-2-1-3-14-11/h4-6,11,14H,1-3H2/t11-/m1/s1. The molecule has 0 amide bonds. The summed E-state index contributed by atoms with van der Waals surface area (Å²) in [6.45, 7) is 1.05. The number of nitrogens with one attached hydrogen (secondary N) is 1. The number of hydrogen-bond acceptors (Lipinski definition) is 2. The fourth-order valence-corrected chi connectivity index (χ4v) is 2.09. The van der Waals surface area contributed by atoms with Gasteiger partial charge in [0.25, 0.3) is 0 Å². The Morgan fingerprint density at radius 1 is 1.43 bits per heavy atom. The number of hydrogen-bond donors (Lipinski definition) is 1. The molecular formula is C11H11ClN2. The summed E-state index contributed by atoms with van der Waals surface area (Å²) in [5.41, 5.74) is 1.77. The fraction of sp³-hybridized carbons (Fsp3) is 0.364. The molecule has 0 unspecified atom stereocenters. The van der Waals surface area contributed by atoms with Gasteiger partial charge >= 0.3 is 0 Å². The van der Waals surface area contributed by atoms with Crippen LogP contribution in [0.25, 0.3) is 0 Å². The van der Waals surface area contributed by atoms with Crippen molar-refractivity contribution in [1.82, 2.24) is 5.32 Å². The van der Waals surface area contributed by atoms with Gasteiger partial charge in [-0.15, -0.1) is 0 Å². The van der Waals surface area contributed by atoms with Gasteiger partial charge in [-0.25, -0.2) is 0 Å². The quantitative estimate of drug-likeness (QED) is 0.767. The van der Waals surface area contributed by atoms with Gasteiger partial charge in [-0.3, -0.25) is 0 Å². The zero-order valence-corrected chi connectivity index (χ0v) is 8.51. The molecule has 0 aromatic heterocycles. The highest BCUT2D eigenvalue weighted by atomic mass is 35.5. The van der Waals surface area contributed by atoms with Gasteiger partial charge in [0.2, 0.25) is 0 Å². The van der Waals surface area contributed by atoms with Crippen LogP contribution in [0.15, 0.2) is 18.2 Å². The van der Waals surface area contributed by atoms with Gasteiger partial charge in [-0.2, -0.15) is 5.26 Å². The van der Waals surface area contributed by atoms with Crippen molar-refractivity contribution in [1.29, 1.82) is 5.26 Å². The van der Waals surface area contributed by atoms with Crippen LogP contribution >= 0.6 is 11.6 Å². The third-order valence-corrected chi connectivity index (χ3v) is 2.73. The van der Waals surface area contributed by atoms with Gasteiger partial charge in [-0.1, -0.05) is 11.6 Å². The average molecular weight is 207 g/mol. The van der Waals surface area contributed by atoms with E-state index in [1.807, 2.05) is 12.1 Å². The lowest BCUT2D eigenvalue weighted by atomic mass is 10.0. The van der Waals surface area contributed by atoms with Crippen LogP contribution in [0.2, 0.25) is 5.02 Å². The highest BCUT2D eigenvalue weighted by Crippen LogP contribution is 2.26. The molecule has 1 N–H and O–H groups in total. The van der Waals surface area contributed by atoms with Gasteiger partial charge in [0.1, 0.15) is 0 Å². The molecule has 1 saturated heterocycles. The Morgan fingerprint density at radius 2 is 2.29 bits per heavy atom. The number of rotatable bonds is 1. The molecule has 0 saturated carbocycles. The second kappa shape index (κ2) is 4.00. The molecule has 0 bridgehead atoms. The summed E-state index contributed by atoms with van der Waals surface area (Å²) in [5, 5.41) is 12.8. The van der Waals surface area contributed by atoms with E-state index in [4.69, 9.17) is 16.9 Å². The molecule has 1 aromatic carbocycles. The lowest BCUT2D eigenvalue weighted by Gasteiger charge is -2.10. The molecule has 14 heavy (non-hydrogen) atoms. The topological polar surface area (TPSA) is 35.8 Å². The van der Waals surface area contributed by atoms with Crippen LogP contribution in [0.5, 0.6) is 0 Å². The summed E-state index contributed by atoms with van der Waals surface area (Å²) < 4.78 is 0. The first-order chi connectivity index (χ1) is 6.79. The zero-order chi connectivity index (χ0) is 9.97. The zero-order valence-electron chi connectivity index (χ0n) is 7.76. The van der Waals surface area contributed by atoms with Crippen LogP contribution in [-0.4, -0.2) is 6.54 Å². The van der Waals surface area contributed by atoms with Crippen molar-refractivity contribution in [2.75, 3.05) is 6.54 Å². The monoisotopic (exact) mass is 206 g/mol. The summed E-state index contributed by atoms with van der Waals surface area (Å²) in [5.74, 6) is 0. The number of halogens is 1. The second-order valence-electron chi connectivity index (χ2n) is 3.53. The van der Waals surface area contributed by atoms with E-state index < -0.39 is 0 Å². The molecule has 1 heterocycles. The Labute approximate surface area is 88.5 Å². The Kier molecular flexibility index (Phi) is 2.72. The first-order valence-corrected chi connectivity index (χ1v) is 5.11. The van der Waals surface area contributed by atoms with Crippen molar-refractivity contribution >= 4 is 11.6 Å². The van der Waals surface area contributed by atoms with E-state index in [0.717, 1.165) is 18.5 Å². The molecule has 72 valence electrons. The Hall–Kier alpha value is -1.04. The van der Waals surface area contributed by atoms with E-state index in [2.05, 4.69) is 11.4 Å². The van der Waals surface area contributed by atoms with Crippen molar-refractivity contribution in [2.24, 2.45) is 0 Å². The number of nitrogens with zero attached hydrogens (tertiary/aromatic N) is 1. The molecule has 1 aliphatic heterocycles. The molecule has 1 fully saturated rings. The van der Waals surface area contributed by atoms with Crippen LogP contribution < -0.4 is 5.32 Å². The molecule has 0 radical (unpaired) electrons. The highest BCUT2D eigenvalue weighted by molar-refractivity contribution is 6.30. The predicted molar refractivity (Wildman–Crippen MR) is 56.1 cm³/mol. The molecule has 3 heteroatoms. The third-order valence-electron chi connectivity index (χ3n) is 2.51. The van der Waals surface area contributed by atoms with Crippen LogP contribution in [-0.2, 0) is 0 Å². The van der Waals surface area contributed by atoms with E-state index in [9.17, 15) is 0 Å². The summed E-state index contributed by atoms with van der Waals surface area (Å²) >= 11 is 5.93. The lowest BCUT2D eigenvalue weighted by molar-refractivity contribution is 0.647. The highest BCUT2D eigenvalue weighted by Gasteiger charge is 2.16. The first kappa shape index (κ1) is 9.51. The maximum atomic E-state index is 8.80. The summed E-state index contributed by atoms with van der Waals surface area (Å²) in [6, 6.07) is 8.04. The normalized spacial score (nSPS) is 20.7. The predicted octanol–water partition coefficient (Wildman–Crippen LogP) is 2.64. The number of nitriles is 1. The molecule has 0 aliphatic carbocycles. The Morgan fingerprint density at radius 3 is 2.93 bits per heavy atom. The minimum Gasteiger partial charge on any atom is -0.310 e. The van der Waals surface area contributed by atoms with Gasteiger partial charge in [0.05, 0.1) is 11.6 Å². The van der Waals surface area contributed by atoms with Crippen molar-refractivity contribution in [3.63, 3.8) is 0 Å². The maximum Gasteiger partial charge on any atom is 0.0992 e. The van der Waals surface area contributed by atoms with E-state index in [1.54, 1.807) is 6.07 Å². The minimum absolute atomic E-state index is 0.376. The van der Waals surface area contributed by atoms with Crippen LogP contribution in [0, 0.1) is 11.3 Å². The van der Waals surface area contributed by atoms with Crippen molar-refractivity contribution < 1.29 is 0 Å². The molecular weight excluding hydrogens is 196 g/mol. The molecule has 1 aliphatic rings. The number of benzene rings is 1. The second-order valence-corrected chi connectivity index (χ2v) is 3.97. The molecule has 2 nitrogen and oxygen atoms in total. The van der Waals surface area contributed by atoms with E-state index >= 15 is 0 Å². The maximum absolute atomic E-state index is 8.80. The lowest BCUT2D eigenvalue weighted by Crippen LogP contribution is -2.12. The average Bonchev–Trinajstić information content (AvgIpc) is 2.69. The van der Waals surface area contributed by atoms with Crippen LogP contribution in [0.4, 0.5) is 0 Å². The molecule has 2 rings (SSSR count). The van der Waals surface area contributed by atoms with E-state index in [-0.39, 0.29) is 0 Å². The van der Waals surface area contributed by atoms with Crippen molar-refractivity contribution in [3.05, 3.63) is 34.3 Å². The fourth-order valence-electron chi connectivity index (χ4n) is 1.85. The van der Waals surface area contributed by atoms with Crippen molar-refractivity contribution in [2.45, 2.75) is 18.9 Å². The summed E-state index contributed by atoms with van der Waals surface area (Å²) in [6.07, 6.45) is 2.32. The van der Waals surface area contributed by atoms with Crippen molar-refractivity contribution in [3.8, 4) is 6.07 Å². The van der Waals surface area contributed by atoms with Gasteiger partial charge in [0, 0.05) is 11.1 Å². The van der Waals surface area contributed by atoms with Gasteiger partial charge in [-0.05, 0) is 43.1 Å². The summed E-state index contributed by atoms with van der Waals surface area (Å²) in [4.78, 5) is 0. The molecule has 0 spiro atoms. The van der Waals surface area contributed by atoms with Crippen LogP contribution in [0.1, 0.15) is 30.0 Å². The first-order valence-electron chi connectivity index (χ1n) is 4.73. The third kappa shape index (κ3) is 1.89. The van der Waals surface area contributed by atoms with Gasteiger partial charge < -0.3 is 5.32 Å².